The summed E-state index contributed by atoms with van der Waals surface area (Å²) in [5.74, 6) is 0.461. The number of halogens is 2. The molecule has 0 unspecified atom stereocenters. The van der Waals surface area contributed by atoms with E-state index in [1.165, 1.54) is 13.4 Å². The first kappa shape index (κ1) is 28.6. The van der Waals surface area contributed by atoms with Crippen molar-refractivity contribution in [1.29, 1.82) is 0 Å². The number of methoxy groups -OCH3 is 1. The minimum atomic E-state index is -3.24. The Kier molecular flexibility index (Phi) is 8.31. The number of ether oxygens (including phenoxy) is 1. The number of esters is 1. The number of nitrogens with zero attached hydrogens (tertiary/aromatic N) is 2. The summed E-state index contributed by atoms with van der Waals surface area (Å²) in [6.45, 7) is 0.541. The van der Waals surface area contributed by atoms with E-state index in [1.54, 1.807) is 36.4 Å². The minimum Gasteiger partial charge on any atom is -0.465 e. The highest BCUT2D eigenvalue weighted by Crippen LogP contribution is 2.31. The van der Waals surface area contributed by atoms with Crippen molar-refractivity contribution in [2.75, 3.05) is 13.4 Å². The quantitative estimate of drug-likeness (QED) is 0.173. The Labute approximate surface area is 249 Å². The third kappa shape index (κ3) is 6.70. The van der Waals surface area contributed by atoms with Crippen molar-refractivity contribution in [2.45, 2.75) is 17.9 Å². The summed E-state index contributed by atoms with van der Waals surface area (Å²) in [6, 6.07) is 27.6. The molecular weight excluding hydrogens is 579 g/mol. The molecule has 4 aromatic carbocycles. The fourth-order valence-electron chi connectivity index (χ4n) is 4.51. The van der Waals surface area contributed by atoms with Gasteiger partial charge in [0.15, 0.2) is 9.84 Å². The number of benzene rings is 4. The number of sulfone groups is 1. The molecule has 0 amide bonds. The molecule has 41 heavy (non-hydrogen) atoms. The first-order valence-corrected chi connectivity index (χ1v) is 15.3. The van der Waals surface area contributed by atoms with E-state index in [9.17, 15) is 13.2 Å². The number of carbonyl (C=O) groups is 1. The molecule has 0 aliphatic rings. The molecule has 0 fully saturated rings. The standard InChI is InChI=1S/C32H26Cl2N2O4S/c1-40-32(37)25-9-5-22(6-10-25)19-36-20-30(28-16-13-26(33)18-29(28)34)35-31(36)17-21-3-7-23(8-4-21)24-11-14-27(15-12-24)41(2,38)39/h3-16,18,20H,17,19H2,1-2H3. The van der Waals surface area contributed by atoms with Gasteiger partial charge in [0.1, 0.15) is 5.82 Å². The van der Waals surface area contributed by atoms with Crippen LogP contribution in [0, 0.1) is 0 Å². The summed E-state index contributed by atoms with van der Waals surface area (Å²) in [4.78, 5) is 17.1. The Morgan fingerprint density at radius 3 is 2.05 bits per heavy atom. The van der Waals surface area contributed by atoms with Crippen molar-refractivity contribution in [3.63, 3.8) is 0 Å². The summed E-state index contributed by atoms with van der Waals surface area (Å²) >= 11 is 12.6. The molecule has 6 nitrogen and oxygen atoms in total. The largest absolute Gasteiger partial charge is 0.465 e. The van der Waals surface area contributed by atoms with Crippen LogP contribution in [0.4, 0.5) is 0 Å². The summed E-state index contributed by atoms with van der Waals surface area (Å²) in [7, 11) is -1.89. The average Bonchev–Trinajstić information content (AvgIpc) is 3.34. The van der Waals surface area contributed by atoms with Gasteiger partial charge in [0, 0.05) is 36.0 Å². The normalized spacial score (nSPS) is 11.4. The third-order valence-electron chi connectivity index (χ3n) is 6.73. The summed E-state index contributed by atoms with van der Waals surface area (Å²) < 4.78 is 30.4. The van der Waals surface area contributed by atoms with E-state index in [0.717, 1.165) is 39.3 Å². The van der Waals surface area contributed by atoms with Crippen molar-refractivity contribution >= 4 is 39.0 Å². The van der Waals surface area contributed by atoms with Crippen LogP contribution in [-0.4, -0.2) is 37.3 Å². The molecule has 0 saturated carbocycles. The van der Waals surface area contributed by atoms with Crippen molar-refractivity contribution in [3.8, 4) is 22.4 Å². The smallest absolute Gasteiger partial charge is 0.337 e. The van der Waals surface area contributed by atoms with Crippen LogP contribution in [0.25, 0.3) is 22.4 Å². The highest BCUT2D eigenvalue weighted by Gasteiger charge is 2.15. The van der Waals surface area contributed by atoms with Crippen molar-refractivity contribution in [3.05, 3.63) is 130 Å². The van der Waals surface area contributed by atoms with Crippen LogP contribution in [-0.2, 0) is 27.5 Å². The zero-order valence-corrected chi connectivity index (χ0v) is 24.7. The van der Waals surface area contributed by atoms with Gasteiger partial charge in [0.05, 0.1) is 28.3 Å². The Morgan fingerprint density at radius 2 is 1.46 bits per heavy atom. The molecule has 0 N–H and O–H groups in total. The molecule has 0 spiro atoms. The van der Waals surface area contributed by atoms with Crippen molar-refractivity contribution in [2.24, 2.45) is 0 Å². The second-order valence-corrected chi connectivity index (χ2v) is 12.5. The number of carbonyl (C=O) groups excluding carboxylic acids is 1. The maximum atomic E-state index is 11.8. The van der Waals surface area contributed by atoms with E-state index in [-0.39, 0.29) is 5.97 Å². The van der Waals surface area contributed by atoms with Crippen molar-refractivity contribution < 1.29 is 17.9 Å². The monoisotopic (exact) mass is 604 g/mol. The molecule has 0 bridgehead atoms. The Morgan fingerprint density at radius 1 is 0.854 bits per heavy atom. The molecular formula is C32H26Cl2N2O4S. The first-order valence-electron chi connectivity index (χ1n) is 12.7. The van der Waals surface area contributed by atoms with E-state index in [0.29, 0.717) is 33.5 Å². The molecule has 0 atom stereocenters. The molecule has 0 saturated heterocycles. The Hall–Kier alpha value is -3.91. The second-order valence-electron chi connectivity index (χ2n) is 9.65. The van der Waals surface area contributed by atoms with Gasteiger partial charge in [-0.1, -0.05) is 71.7 Å². The van der Waals surface area contributed by atoms with E-state index in [2.05, 4.69) is 4.57 Å². The van der Waals surface area contributed by atoms with Gasteiger partial charge >= 0.3 is 5.97 Å². The predicted octanol–water partition coefficient (Wildman–Crippen LogP) is 7.35. The third-order valence-corrected chi connectivity index (χ3v) is 8.40. The van der Waals surface area contributed by atoms with Gasteiger partial charge in [-0.15, -0.1) is 0 Å². The molecule has 1 heterocycles. The van der Waals surface area contributed by atoms with Crippen LogP contribution in [0.1, 0.15) is 27.3 Å². The number of aromatic nitrogens is 2. The Balaban J connectivity index is 1.43. The maximum Gasteiger partial charge on any atom is 0.337 e. The lowest BCUT2D eigenvalue weighted by atomic mass is 10.0. The fraction of sp³-hybridized carbons (Fsp3) is 0.125. The zero-order valence-electron chi connectivity index (χ0n) is 22.3. The summed E-state index contributed by atoms with van der Waals surface area (Å²) in [5.41, 5.74) is 5.97. The van der Waals surface area contributed by atoms with Gasteiger partial charge in [-0.05, 0) is 64.7 Å². The number of imidazole rings is 1. The molecule has 1 aromatic heterocycles. The topological polar surface area (TPSA) is 78.3 Å². The maximum absolute atomic E-state index is 11.8. The van der Waals surface area contributed by atoms with E-state index < -0.39 is 9.84 Å². The van der Waals surface area contributed by atoms with Gasteiger partial charge in [-0.3, -0.25) is 0 Å². The molecule has 9 heteroatoms. The van der Waals surface area contributed by atoms with Crippen LogP contribution < -0.4 is 0 Å². The van der Waals surface area contributed by atoms with Crippen LogP contribution in [0.2, 0.25) is 10.0 Å². The molecule has 0 aliphatic carbocycles. The van der Waals surface area contributed by atoms with Gasteiger partial charge in [0.2, 0.25) is 0 Å². The lowest BCUT2D eigenvalue weighted by Crippen LogP contribution is -2.06. The zero-order chi connectivity index (χ0) is 29.1. The lowest BCUT2D eigenvalue weighted by molar-refractivity contribution is 0.0600. The van der Waals surface area contributed by atoms with Crippen LogP contribution in [0.5, 0.6) is 0 Å². The summed E-state index contributed by atoms with van der Waals surface area (Å²) in [5, 5.41) is 1.07. The van der Waals surface area contributed by atoms with Gasteiger partial charge in [-0.2, -0.15) is 0 Å². The highest BCUT2D eigenvalue weighted by atomic mass is 35.5. The van der Waals surface area contributed by atoms with Gasteiger partial charge < -0.3 is 9.30 Å². The Bertz CT molecular complexity index is 1810. The number of hydrogen-bond acceptors (Lipinski definition) is 5. The van der Waals surface area contributed by atoms with E-state index in [4.69, 9.17) is 32.9 Å². The molecule has 5 aromatic rings. The van der Waals surface area contributed by atoms with E-state index >= 15 is 0 Å². The molecule has 0 radical (unpaired) electrons. The van der Waals surface area contributed by atoms with Crippen LogP contribution >= 0.6 is 23.2 Å². The van der Waals surface area contributed by atoms with Gasteiger partial charge in [0.25, 0.3) is 0 Å². The molecule has 5 rings (SSSR count). The van der Waals surface area contributed by atoms with Crippen molar-refractivity contribution in [1.82, 2.24) is 9.55 Å². The molecule has 0 aliphatic heterocycles. The van der Waals surface area contributed by atoms with Gasteiger partial charge in [-0.25, -0.2) is 18.2 Å². The van der Waals surface area contributed by atoms with E-state index in [1.807, 2.05) is 60.8 Å². The second kappa shape index (κ2) is 11.9. The van der Waals surface area contributed by atoms with Crippen LogP contribution in [0.15, 0.2) is 102 Å². The minimum absolute atomic E-state index is 0.293. The number of hydrogen-bond donors (Lipinski definition) is 0. The summed E-state index contributed by atoms with van der Waals surface area (Å²) in [6.07, 6.45) is 3.74. The predicted molar refractivity (Wildman–Crippen MR) is 162 cm³/mol. The first-order chi connectivity index (χ1) is 19.6. The lowest BCUT2D eigenvalue weighted by Gasteiger charge is -2.10. The number of rotatable bonds is 8. The SMILES string of the molecule is COC(=O)c1ccc(Cn2cc(-c3ccc(Cl)cc3Cl)nc2Cc2ccc(-c3ccc(S(C)(=O)=O)cc3)cc2)cc1. The molecule has 208 valence electrons. The highest BCUT2D eigenvalue weighted by molar-refractivity contribution is 7.90. The fourth-order valence-corrected chi connectivity index (χ4v) is 5.65. The average molecular weight is 606 g/mol. The van der Waals surface area contributed by atoms with Crippen LogP contribution in [0.3, 0.4) is 0 Å².